The molecule has 2 aromatic heterocycles. The summed E-state index contributed by atoms with van der Waals surface area (Å²) >= 11 is 0. The van der Waals surface area contributed by atoms with Gasteiger partial charge in [0.15, 0.2) is 5.76 Å². The number of hydrogen-bond acceptors (Lipinski definition) is 6. The average Bonchev–Trinajstić information content (AvgIpc) is 3.36. The maximum atomic E-state index is 13.4. The maximum Gasteiger partial charge on any atom is 0.295 e. The summed E-state index contributed by atoms with van der Waals surface area (Å²) in [7, 11) is 3.94. The highest BCUT2D eigenvalue weighted by Crippen LogP contribution is 2.40. The lowest BCUT2D eigenvalue weighted by molar-refractivity contribution is -0.139. The largest absolute Gasteiger partial charge is 0.505 e. The molecule has 4 rings (SSSR count). The first-order valence-electron chi connectivity index (χ1n) is 13.3. The Bertz CT molecular complexity index is 1360. The van der Waals surface area contributed by atoms with Gasteiger partial charge in [-0.1, -0.05) is 38.0 Å². The van der Waals surface area contributed by atoms with E-state index < -0.39 is 17.7 Å². The SMILES string of the molecule is CCCCCOc1cccc(C2/C(=C(\O)c3nc4c(C)cccn4c3C)C(=O)C(=O)N2CCCN(C)C)c1. The Labute approximate surface area is 224 Å². The number of amides is 1. The molecule has 1 N–H and O–H groups in total. The number of aliphatic hydroxyl groups excluding tert-OH is 1. The number of carbonyl (C=O) groups is 2. The van der Waals surface area contributed by atoms with Crippen LogP contribution in [0.2, 0.25) is 0 Å². The number of hydrogen-bond donors (Lipinski definition) is 1. The van der Waals surface area contributed by atoms with Crippen molar-refractivity contribution in [1.82, 2.24) is 19.2 Å². The van der Waals surface area contributed by atoms with Crippen molar-refractivity contribution in [3.8, 4) is 5.75 Å². The summed E-state index contributed by atoms with van der Waals surface area (Å²) in [5, 5.41) is 11.6. The number of Topliss-reactive ketones (excluding diaryl/α,β-unsaturated/α-hetero) is 1. The summed E-state index contributed by atoms with van der Waals surface area (Å²) in [5.41, 5.74) is 3.44. The highest BCUT2D eigenvalue weighted by atomic mass is 16.5. The van der Waals surface area contributed by atoms with Gasteiger partial charge in [-0.3, -0.25) is 9.59 Å². The van der Waals surface area contributed by atoms with Crippen LogP contribution in [0.3, 0.4) is 0 Å². The van der Waals surface area contributed by atoms with Crippen molar-refractivity contribution in [2.45, 2.75) is 52.5 Å². The topological polar surface area (TPSA) is 87.4 Å². The fraction of sp³-hybridized carbons (Fsp3) is 0.433. The van der Waals surface area contributed by atoms with Crippen LogP contribution in [0.25, 0.3) is 11.4 Å². The fourth-order valence-corrected chi connectivity index (χ4v) is 5.01. The zero-order valence-electron chi connectivity index (χ0n) is 23.0. The zero-order valence-corrected chi connectivity index (χ0v) is 23.0. The molecule has 38 heavy (non-hydrogen) atoms. The smallest absolute Gasteiger partial charge is 0.295 e. The van der Waals surface area contributed by atoms with E-state index in [1.807, 2.05) is 79.8 Å². The number of aliphatic hydroxyl groups is 1. The number of aromatic nitrogens is 2. The molecule has 3 heterocycles. The molecule has 0 radical (unpaired) electrons. The number of fused-ring (bicyclic) bond motifs is 1. The highest BCUT2D eigenvalue weighted by Gasteiger charge is 2.46. The van der Waals surface area contributed by atoms with E-state index in [9.17, 15) is 14.7 Å². The number of ether oxygens (including phenoxy) is 1. The van der Waals surface area contributed by atoms with Crippen molar-refractivity contribution >= 4 is 23.1 Å². The van der Waals surface area contributed by atoms with Gasteiger partial charge in [-0.15, -0.1) is 0 Å². The number of unbranched alkanes of at least 4 members (excludes halogenated alkanes) is 2. The molecule has 1 fully saturated rings. The minimum Gasteiger partial charge on any atom is -0.505 e. The number of carbonyl (C=O) groups excluding carboxylic acids is 2. The van der Waals surface area contributed by atoms with E-state index in [0.717, 1.165) is 36.9 Å². The molecule has 8 heteroatoms. The summed E-state index contributed by atoms with van der Waals surface area (Å²) in [6.45, 7) is 7.69. The van der Waals surface area contributed by atoms with Gasteiger partial charge in [0.25, 0.3) is 11.7 Å². The molecule has 1 aromatic carbocycles. The van der Waals surface area contributed by atoms with Crippen molar-refractivity contribution < 1.29 is 19.4 Å². The molecule has 1 amide bonds. The second-order valence-electron chi connectivity index (χ2n) is 10.2. The Morgan fingerprint density at radius 3 is 2.61 bits per heavy atom. The highest BCUT2D eigenvalue weighted by molar-refractivity contribution is 6.46. The van der Waals surface area contributed by atoms with Crippen LogP contribution in [0.1, 0.15) is 61.2 Å². The number of pyridine rings is 1. The van der Waals surface area contributed by atoms with Crippen molar-refractivity contribution in [3.63, 3.8) is 0 Å². The van der Waals surface area contributed by atoms with Gasteiger partial charge in [0.05, 0.1) is 23.9 Å². The molecule has 8 nitrogen and oxygen atoms in total. The monoisotopic (exact) mass is 518 g/mol. The lowest BCUT2D eigenvalue weighted by Crippen LogP contribution is -2.32. The van der Waals surface area contributed by atoms with Crippen molar-refractivity contribution in [2.75, 3.05) is 33.8 Å². The van der Waals surface area contributed by atoms with Gasteiger partial charge >= 0.3 is 0 Å². The van der Waals surface area contributed by atoms with Crippen LogP contribution >= 0.6 is 0 Å². The number of likely N-dealkylation sites (tertiary alicyclic amines) is 1. The first-order valence-corrected chi connectivity index (χ1v) is 13.3. The summed E-state index contributed by atoms with van der Waals surface area (Å²) in [6.07, 6.45) is 5.71. The van der Waals surface area contributed by atoms with Gasteiger partial charge in [-0.05, 0) is 76.7 Å². The third kappa shape index (κ3) is 5.45. The normalized spacial score (nSPS) is 17.2. The average molecular weight is 519 g/mol. The quantitative estimate of drug-likeness (QED) is 0.168. The van der Waals surface area contributed by atoms with Crippen LogP contribution in [0, 0.1) is 13.8 Å². The van der Waals surface area contributed by atoms with E-state index in [1.54, 1.807) is 4.90 Å². The predicted molar refractivity (Wildman–Crippen MR) is 148 cm³/mol. The number of imidazole rings is 1. The predicted octanol–water partition coefficient (Wildman–Crippen LogP) is 4.89. The number of aryl methyl sites for hydroxylation is 2. The minimum atomic E-state index is -0.735. The van der Waals surface area contributed by atoms with Gasteiger partial charge < -0.3 is 24.0 Å². The van der Waals surface area contributed by atoms with Gasteiger partial charge in [0, 0.05) is 12.7 Å². The Hall–Kier alpha value is -3.65. The van der Waals surface area contributed by atoms with Gasteiger partial charge in [0.1, 0.15) is 17.1 Å². The van der Waals surface area contributed by atoms with E-state index in [2.05, 4.69) is 11.9 Å². The van der Waals surface area contributed by atoms with E-state index >= 15 is 0 Å². The molecule has 0 aliphatic carbocycles. The summed E-state index contributed by atoms with van der Waals surface area (Å²) < 4.78 is 7.86. The summed E-state index contributed by atoms with van der Waals surface area (Å²) in [6, 6.07) is 10.6. The molecule has 1 aliphatic heterocycles. The van der Waals surface area contributed by atoms with Crippen molar-refractivity contribution in [2.24, 2.45) is 0 Å². The third-order valence-corrected chi connectivity index (χ3v) is 7.04. The molecule has 1 unspecified atom stereocenters. The molecule has 0 saturated carbocycles. The number of ketones is 1. The van der Waals surface area contributed by atoms with Crippen LogP contribution < -0.4 is 4.74 Å². The van der Waals surface area contributed by atoms with Gasteiger partial charge in [0.2, 0.25) is 0 Å². The Morgan fingerprint density at radius 1 is 1.11 bits per heavy atom. The molecule has 1 saturated heterocycles. The van der Waals surface area contributed by atoms with E-state index in [0.29, 0.717) is 42.4 Å². The Balaban J connectivity index is 1.80. The standard InChI is InChI=1S/C30H38N4O4/c1-6-7-8-18-38-23-14-9-13-22(19-23)26-24(28(36)30(37)34(26)17-11-15-32(4)5)27(35)25-21(3)33-16-10-12-20(2)29(33)31-25/h9-10,12-14,16,19,26,35H,6-8,11,15,17-18H2,1-5H3/b27-24+. The lowest BCUT2D eigenvalue weighted by Gasteiger charge is -2.26. The van der Waals surface area contributed by atoms with Crippen LogP contribution in [0.15, 0.2) is 48.2 Å². The van der Waals surface area contributed by atoms with Gasteiger partial charge in [-0.2, -0.15) is 0 Å². The number of benzene rings is 1. The van der Waals surface area contributed by atoms with E-state index in [-0.39, 0.29) is 11.3 Å². The molecule has 3 aromatic rings. The summed E-state index contributed by atoms with van der Waals surface area (Å²) in [5.74, 6) is -0.877. The van der Waals surface area contributed by atoms with Crippen LogP contribution in [0.4, 0.5) is 0 Å². The molecular weight excluding hydrogens is 480 g/mol. The second-order valence-corrected chi connectivity index (χ2v) is 10.2. The molecule has 202 valence electrons. The molecule has 1 atom stereocenters. The van der Waals surface area contributed by atoms with Crippen LogP contribution in [-0.4, -0.2) is 69.8 Å². The van der Waals surface area contributed by atoms with Crippen molar-refractivity contribution in [3.05, 3.63) is 70.7 Å². The first-order chi connectivity index (χ1) is 18.2. The third-order valence-electron chi connectivity index (χ3n) is 7.04. The first kappa shape index (κ1) is 27.4. The Morgan fingerprint density at radius 2 is 1.89 bits per heavy atom. The maximum absolute atomic E-state index is 13.4. The number of rotatable bonds is 11. The fourth-order valence-electron chi connectivity index (χ4n) is 5.01. The molecule has 0 bridgehead atoms. The van der Waals surface area contributed by atoms with Crippen LogP contribution in [-0.2, 0) is 9.59 Å². The molecular formula is C30H38N4O4. The van der Waals surface area contributed by atoms with Gasteiger partial charge in [-0.25, -0.2) is 4.98 Å². The van der Waals surface area contributed by atoms with E-state index in [4.69, 9.17) is 4.74 Å². The minimum absolute atomic E-state index is 0.0622. The Kier molecular flexibility index (Phi) is 8.52. The number of nitrogens with zero attached hydrogens (tertiary/aromatic N) is 4. The second kappa shape index (κ2) is 11.8. The van der Waals surface area contributed by atoms with Crippen LogP contribution in [0.5, 0.6) is 5.75 Å². The van der Waals surface area contributed by atoms with E-state index in [1.165, 1.54) is 0 Å². The van der Waals surface area contributed by atoms with Crippen molar-refractivity contribution in [1.29, 1.82) is 0 Å². The lowest BCUT2D eigenvalue weighted by atomic mass is 9.96. The molecule has 0 spiro atoms. The molecule has 1 aliphatic rings. The summed E-state index contributed by atoms with van der Waals surface area (Å²) in [4.78, 5) is 35.0. The zero-order chi connectivity index (χ0) is 27.4.